The smallest absolute Gasteiger partial charge is 0.342 e. The second-order valence-electron chi connectivity index (χ2n) is 5.88. The van der Waals surface area contributed by atoms with Crippen molar-refractivity contribution in [2.24, 2.45) is 0 Å². The Hall–Kier alpha value is -2.47. The van der Waals surface area contributed by atoms with Crippen LogP contribution in [0.4, 0.5) is 0 Å². The van der Waals surface area contributed by atoms with Gasteiger partial charge < -0.3 is 14.4 Å². The average Bonchev–Trinajstić information content (AvgIpc) is 2.66. The molecule has 2 aromatic rings. The van der Waals surface area contributed by atoms with Gasteiger partial charge in [-0.05, 0) is 43.0 Å². The highest BCUT2D eigenvalue weighted by molar-refractivity contribution is 7.98. The van der Waals surface area contributed by atoms with Crippen molar-refractivity contribution < 1.29 is 19.1 Å². The van der Waals surface area contributed by atoms with Crippen LogP contribution in [-0.4, -0.2) is 43.8 Å². The number of ether oxygens (including phenoxy) is 2. The molecule has 0 aliphatic rings. The van der Waals surface area contributed by atoms with E-state index >= 15 is 0 Å². The maximum absolute atomic E-state index is 12.3. The number of hydrogen-bond acceptors (Lipinski definition) is 5. The molecule has 0 aromatic heterocycles. The van der Waals surface area contributed by atoms with E-state index in [0.29, 0.717) is 17.9 Å². The number of aryl methyl sites for hydroxylation is 1. The van der Waals surface area contributed by atoms with Crippen molar-refractivity contribution in [1.82, 2.24) is 4.90 Å². The van der Waals surface area contributed by atoms with E-state index in [1.165, 1.54) is 16.9 Å². The molecular weight excluding hydrogens is 350 g/mol. The van der Waals surface area contributed by atoms with Gasteiger partial charge in [0.25, 0.3) is 5.91 Å². The van der Waals surface area contributed by atoms with Gasteiger partial charge in [-0.3, -0.25) is 4.79 Å². The third-order valence-electron chi connectivity index (χ3n) is 3.91. The molecule has 0 aliphatic carbocycles. The molecule has 0 aliphatic heterocycles. The number of likely N-dealkylation sites (N-methyl/N-ethyl adjacent to an activating group) is 1. The molecule has 0 unspecified atom stereocenters. The van der Waals surface area contributed by atoms with Gasteiger partial charge in [-0.25, -0.2) is 4.79 Å². The average molecular weight is 373 g/mol. The maximum atomic E-state index is 12.3. The van der Waals surface area contributed by atoms with Crippen LogP contribution in [0.1, 0.15) is 21.5 Å². The molecule has 0 spiro atoms. The summed E-state index contributed by atoms with van der Waals surface area (Å²) in [7, 11) is 3.18. The number of nitrogens with zero attached hydrogens (tertiary/aromatic N) is 1. The first-order valence-electron chi connectivity index (χ1n) is 8.13. The summed E-state index contributed by atoms with van der Waals surface area (Å²) >= 11 is 1.67. The molecule has 138 valence electrons. The van der Waals surface area contributed by atoms with Crippen LogP contribution in [0.15, 0.2) is 47.4 Å². The lowest BCUT2D eigenvalue weighted by molar-refractivity contribution is -0.133. The quantitative estimate of drug-likeness (QED) is 0.549. The molecule has 0 heterocycles. The molecule has 0 saturated carbocycles. The van der Waals surface area contributed by atoms with E-state index in [2.05, 4.69) is 0 Å². The molecule has 0 fully saturated rings. The minimum absolute atomic E-state index is 0.265. The monoisotopic (exact) mass is 373 g/mol. The summed E-state index contributed by atoms with van der Waals surface area (Å²) in [5.74, 6) is -0.411. The van der Waals surface area contributed by atoms with Gasteiger partial charge in [-0.1, -0.05) is 23.8 Å². The third-order valence-corrected chi connectivity index (χ3v) is 4.65. The summed E-state index contributed by atoms with van der Waals surface area (Å²) in [4.78, 5) is 27.2. The third kappa shape index (κ3) is 5.26. The van der Waals surface area contributed by atoms with Gasteiger partial charge in [0.2, 0.25) is 0 Å². The van der Waals surface area contributed by atoms with Crippen molar-refractivity contribution in [3.05, 3.63) is 59.2 Å². The minimum Gasteiger partial charge on any atom is -0.496 e. The van der Waals surface area contributed by atoms with E-state index in [-0.39, 0.29) is 12.5 Å². The molecule has 0 atom stereocenters. The van der Waals surface area contributed by atoms with Crippen molar-refractivity contribution in [3.63, 3.8) is 0 Å². The molecular formula is C20H23NO4S. The van der Waals surface area contributed by atoms with Gasteiger partial charge in [0.05, 0.1) is 7.11 Å². The normalized spacial score (nSPS) is 10.3. The number of thioether (sulfide) groups is 1. The number of benzene rings is 2. The van der Waals surface area contributed by atoms with Gasteiger partial charge in [-0.2, -0.15) is 0 Å². The van der Waals surface area contributed by atoms with E-state index in [1.807, 2.05) is 43.5 Å². The van der Waals surface area contributed by atoms with Gasteiger partial charge in [0.1, 0.15) is 11.3 Å². The van der Waals surface area contributed by atoms with E-state index in [4.69, 9.17) is 9.47 Å². The Morgan fingerprint density at radius 3 is 2.42 bits per heavy atom. The maximum Gasteiger partial charge on any atom is 0.342 e. The van der Waals surface area contributed by atoms with Crippen LogP contribution in [0.5, 0.6) is 5.75 Å². The summed E-state index contributed by atoms with van der Waals surface area (Å²) in [5, 5.41) is 0. The number of hydrogen-bond donors (Lipinski definition) is 0. The van der Waals surface area contributed by atoms with E-state index in [1.54, 1.807) is 30.9 Å². The number of esters is 1. The van der Waals surface area contributed by atoms with Crippen molar-refractivity contribution in [3.8, 4) is 5.75 Å². The fraction of sp³-hybridized carbons (Fsp3) is 0.300. The summed E-state index contributed by atoms with van der Waals surface area (Å²) in [6.07, 6.45) is 2.02. The molecule has 1 amide bonds. The number of carbonyl (C=O) groups is 2. The zero-order chi connectivity index (χ0) is 19.1. The zero-order valence-electron chi connectivity index (χ0n) is 15.4. The SMILES string of the molecule is COc1ccc(C)cc1C(=O)OCC(=O)N(C)Cc1ccc(SC)cc1. The second-order valence-corrected chi connectivity index (χ2v) is 6.76. The standard InChI is InChI=1S/C20H23NO4S/c1-14-5-10-18(24-3)17(11-14)20(23)25-13-19(22)21(2)12-15-6-8-16(26-4)9-7-15/h5-11H,12-13H2,1-4H3. The van der Waals surface area contributed by atoms with Gasteiger partial charge >= 0.3 is 5.97 Å². The van der Waals surface area contributed by atoms with Crippen molar-refractivity contribution in [1.29, 1.82) is 0 Å². The first-order chi connectivity index (χ1) is 12.4. The molecule has 0 bridgehead atoms. The lowest BCUT2D eigenvalue weighted by Crippen LogP contribution is -2.30. The lowest BCUT2D eigenvalue weighted by atomic mass is 10.1. The molecule has 6 heteroatoms. The van der Waals surface area contributed by atoms with Crippen molar-refractivity contribution >= 4 is 23.6 Å². The van der Waals surface area contributed by atoms with Crippen LogP contribution in [0.25, 0.3) is 0 Å². The van der Waals surface area contributed by atoms with Gasteiger partial charge in [0.15, 0.2) is 6.61 Å². The largest absolute Gasteiger partial charge is 0.496 e. The topological polar surface area (TPSA) is 55.8 Å². The fourth-order valence-electron chi connectivity index (χ4n) is 2.39. The summed E-state index contributed by atoms with van der Waals surface area (Å²) in [6, 6.07) is 13.2. The molecule has 0 radical (unpaired) electrons. The Kier molecular flexibility index (Phi) is 7.09. The summed E-state index contributed by atoms with van der Waals surface area (Å²) in [6.45, 7) is 2.02. The number of rotatable bonds is 7. The lowest BCUT2D eigenvalue weighted by Gasteiger charge is -2.17. The first-order valence-corrected chi connectivity index (χ1v) is 9.35. The second kappa shape index (κ2) is 9.29. The molecule has 5 nitrogen and oxygen atoms in total. The Morgan fingerprint density at radius 1 is 1.12 bits per heavy atom. The first kappa shape index (κ1) is 19.8. The predicted octanol–water partition coefficient (Wildman–Crippen LogP) is 3.54. The van der Waals surface area contributed by atoms with Gasteiger partial charge in [-0.15, -0.1) is 11.8 Å². The Labute approximate surface area is 158 Å². The van der Waals surface area contributed by atoms with Crippen molar-refractivity contribution in [2.45, 2.75) is 18.4 Å². The molecule has 0 N–H and O–H groups in total. The molecule has 2 aromatic carbocycles. The van der Waals surface area contributed by atoms with E-state index in [0.717, 1.165) is 11.1 Å². The van der Waals surface area contributed by atoms with Crippen LogP contribution in [-0.2, 0) is 16.1 Å². The number of carbonyl (C=O) groups excluding carboxylic acids is 2. The van der Waals surface area contributed by atoms with Crippen LogP contribution in [0.2, 0.25) is 0 Å². The van der Waals surface area contributed by atoms with Gasteiger partial charge in [0, 0.05) is 18.5 Å². The Bertz CT molecular complexity index is 774. The number of amides is 1. The summed E-state index contributed by atoms with van der Waals surface area (Å²) in [5.41, 5.74) is 2.25. The Balaban J connectivity index is 1.92. The highest BCUT2D eigenvalue weighted by Crippen LogP contribution is 2.20. The minimum atomic E-state index is -0.573. The Morgan fingerprint density at radius 2 is 1.81 bits per heavy atom. The zero-order valence-corrected chi connectivity index (χ0v) is 16.3. The molecule has 26 heavy (non-hydrogen) atoms. The van der Waals surface area contributed by atoms with Crippen LogP contribution < -0.4 is 4.74 Å². The van der Waals surface area contributed by atoms with Crippen molar-refractivity contribution in [2.75, 3.05) is 27.0 Å². The van der Waals surface area contributed by atoms with E-state index in [9.17, 15) is 9.59 Å². The molecule has 2 rings (SSSR count). The predicted molar refractivity (Wildman–Crippen MR) is 103 cm³/mol. The van der Waals surface area contributed by atoms with Crippen LogP contribution in [0.3, 0.4) is 0 Å². The fourth-order valence-corrected chi connectivity index (χ4v) is 2.80. The number of methoxy groups -OCH3 is 1. The molecule has 0 saturated heterocycles. The summed E-state index contributed by atoms with van der Waals surface area (Å²) < 4.78 is 10.3. The van der Waals surface area contributed by atoms with E-state index < -0.39 is 5.97 Å². The van der Waals surface area contributed by atoms with Crippen LogP contribution in [0, 0.1) is 6.92 Å². The highest BCUT2D eigenvalue weighted by Gasteiger charge is 2.17. The highest BCUT2D eigenvalue weighted by atomic mass is 32.2. The van der Waals surface area contributed by atoms with Crippen LogP contribution >= 0.6 is 11.8 Å².